The quantitative estimate of drug-likeness (QED) is 0.721. The minimum atomic E-state index is -1.60. The van der Waals surface area contributed by atoms with Gasteiger partial charge in [0.05, 0.1) is 6.04 Å². The van der Waals surface area contributed by atoms with Gasteiger partial charge in [-0.05, 0) is 39.5 Å². The Balaban J connectivity index is 2.68. The Morgan fingerprint density at radius 1 is 1.26 bits per heavy atom. The third-order valence-electron chi connectivity index (χ3n) is 3.18. The summed E-state index contributed by atoms with van der Waals surface area (Å²) in [7, 11) is 0. The molecule has 0 aromatic rings. The van der Waals surface area contributed by atoms with E-state index in [1.54, 1.807) is 20.8 Å². The maximum Gasteiger partial charge on any atom is 0.407 e. The van der Waals surface area contributed by atoms with Crippen LogP contribution in [-0.2, 0) is 9.53 Å². The van der Waals surface area contributed by atoms with E-state index in [0.717, 1.165) is 25.7 Å². The molecule has 1 saturated carbocycles. The highest BCUT2D eigenvalue weighted by atomic mass is 16.6. The molecule has 0 unspecified atom stereocenters. The van der Waals surface area contributed by atoms with Crippen molar-refractivity contribution < 1.29 is 24.5 Å². The first-order chi connectivity index (χ1) is 8.70. The molecule has 1 aliphatic rings. The molecule has 6 heteroatoms. The second kappa shape index (κ2) is 6.23. The Labute approximate surface area is 113 Å². The maximum absolute atomic E-state index is 11.7. The Hall–Kier alpha value is -1.30. The molecule has 0 spiro atoms. The zero-order chi connectivity index (χ0) is 14.6. The summed E-state index contributed by atoms with van der Waals surface area (Å²) in [5.41, 5.74) is -0.654. The number of ether oxygens (including phenoxy) is 1. The van der Waals surface area contributed by atoms with Gasteiger partial charge in [-0.3, -0.25) is 0 Å². The maximum atomic E-state index is 11.7. The summed E-state index contributed by atoms with van der Waals surface area (Å²) >= 11 is 0. The van der Waals surface area contributed by atoms with Crippen LogP contribution in [0.4, 0.5) is 4.79 Å². The summed E-state index contributed by atoms with van der Waals surface area (Å²) in [6.07, 6.45) is 1.31. The van der Waals surface area contributed by atoms with Crippen molar-refractivity contribution >= 4 is 12.1 Å². The summed E-state index contributed by atoms with van der Waals surface area (Å²) in [6, 6.07) is -0.796. The molecule has 1 fully saturated rings. The molecular weight excluding hydrogens is 250 g/mol. The molecule has 1 aliphatic carbocycles. The molecule has 19 heavy (non-hydrogen) atoms. The fraction of sp³-hybridized carbons (Fsp3) is 0.846. The number of aliphatic carboxylic acids is 1. The lowest BCUT2D eigenvalue weighted by molar-refractivity contribution is -0.149. The molecule has 0 aromatic carbocycles. The van der Waals surface area contributed by atoms with Crippen molar-refractivity contribution in [2.45, 2.75) is 64.2 Å². The van der Waals surface area contributed by atoms with Crippen LogP contribution in [0.1, 0.15) is 46.5 Å². The van der Waals surface area contributed by atoms with Gasteiger partial charge in [0.25, 0.3) is 0 Å². The van der Waals surface area contributed by atoms with Gasteiger partial charge in [-0.15, -0.1) is 0 Å². The Morgan fingerprint density at radius 3 is 2.21 bits per heavy atom. The predicted molar refractivity (Wildman–Crippen MR) is 68.8 cm³/mol. The van der Waals surface area contributed by atoms with Crippen LogP contribution in [0.25, 0.3) is 0 Å². The van der Waals surface area contributed by atoms with E-state index in [2.05, 4.69) is 5.32 Å². The molecule has 0 aromatic heterocycles. The number of amides is 1. The first-order valence-electron chi connectivity index (χ1n) is 6.61. The minimum Gasteiger partial charge on any atom is -0.479 e. The van der Waals surface area contributed by atoms with Crippen molar-refractivity contribution in [3.63, 3.8) is 0 Å². The second-order valence-corrected chi connectivity index (χ2v) is 6.00. The minimum absolute atomic E-state index is 0.0152. The lowest BCUT2D eigenvalue weighted by atomic mass is 9.93. The number of aliphatic hydroxyl groups excluding tert-OH is 1. The monoisotopic (exact) mass is 273 g/mol. The van der Waals surface area contributed by atoms with E-state index >= 15 is 0 Å². The summed E-state index contributed by atoms with van der Waals surface area (Å²) in [5, 5.41) is 21.1. The molecule has 2 atom stereocenters. The summed E-state index contributed by atoms with van der Waals surface area (Å²) in [5.74, 6) is -1.34. The number of carboxylic acid groups (broad SMARTS) is 1. The highest BCUT2D eigenvalue weighted by Crippen LogP contribution is 2.29. The number of carbonyl (C=O) groups excluding carboxylic acids is 1. The van der Waals surface area contributed by atoms with Gasteiger partial charge in [0, 0.05) is 0 Å². The van der Waals surface area contributed by atoms with E-state index in [0.29, 0.717) is 0 Å². The topological polar surface area (TPSA) is 95.9 Å². The Bertz CT molecular complexity index is 330. The van der Waals surface area contributed by atoms with E-state index in [9.17, 15) is 14.7 Å². The Morgan fingerprint density at radius 2 is 1.79 bits per heavy atom. The SMILES string of the molecule is CC(C)(C)OC(=O)N[C@H](C1CCCC1)[C@H](O)C(=O)O. The zero-order valence-corrected chi connectivity index (χ0v) is 11.7. The highest BCUT2D eigenvalue weighted by molar-refractivity contribution is 5.75. The second-order valence-electron chi connectivity index (χ2n) is 6.00. The van der Waals surface area contributed by atoms with Gasteiger partial charge in [0.2, 0.25) is 0 Å². The number of hydrogen-bond acceptors (Lipinski definition) is 4. The third-order valence-corrected chi connectivity index (χ3v) is 3.18. The normalized spacial score (nSPS) is 19.8. The van der Waals surface area contributed by atoms with Crippen LogP contribution in [0.15, 0.2) is 0 Å². The number of nitrogens with one attached hydrogen (secondary N) is 1. The van der Waals surface area contributed by atoms with Gasteiger partial charge in [0.15, 0.2) is 6.10 Å². The van der Waals surface area contributed by atoms with Crippen LogP contribution in [0.3, 0.4) is 0 Å². The smallest absolute Gasteiger partial charge is 0.407 e. The number of carbonyl (C=O) groups is 2. The fourth-order valence-corrected chi connectivity index (χ4v) is 2.37. The number of hydrogen-bond donors (Lipinski definition) is 3. The number of aliphatic hydroxyl groups is 1. The van der Waals surface area contributed by atoms with Gasteiger partial charge in [-0.2, -0.15) is 0 Å². The van der Waals surface area contributed by atoms with Crippen molar-refractivity contribution in [3.05, 3.63) is 0 Å². The van der Waals surface area contributed by atoms with Crippen molar-refractivity contribution in [2.24, 2.45) is 5.92 Å². The van der Waals surface area contributed by atoms with Crippen molar-refractivity contribution in [3.8, 4) is 0 Å². The largest absolute Gasteiger partial charge is 0.479 e. The first-order valence-corrected chi connectivity index (χ1v) is 6.61. The standard InChI is InChI=1S/C13H23NO5/c1-13(2,3)19-12(18)14-9(10(15)11(16)17)8-6-4-5-7-8/h8-10,15H,4-7H2,1-3H3,(H,14,18)(H,16,17)/t9-,10+/m1/s1. The molecule has 0 bridgehead atoms. The van der Waals surface area contributed by atoms with Crippen LogP contribution in [0.2, 0.25) is 0 Å². The van der Waals surface area contributed by atoms with Crippen LogP contribution in [-0.4, -0.2) is 40.0 Å². The molecule has 1 amide bonds. The first kappa shape index (κ1) is 15.8. The van der Waals surface area contributed by atoms with E-state index < -0.39 is 29.8 Å². The molecule has 6 nitrogen and oxygen atoms in total. The Kier molecular flexibility index (Phi) is 5.17. The highest BCUT2D eigenvalue weighted by Gasteiger charge is 2.36. The molecular formula is C13H23NO5. The van der Waals surface area contributed by atoms with Crippen molar-refractivity contribution in [2.75, 3.05) is 0 Å². The van der Waals surface area contributed by atoms with E-state index in [1.165, 1.54) is 0 Å². The predicted octanol–water partition coefficient (Wildman–Crippen LogP) is 1.52. The average molecular weight is 273 g/mol. The molecule has 0 heterocycles. The lowest BCUT2D eigenvalue weighted by Gasteiger charge is -2.28. The summed E-state index contributed by atoms with van der Waals surface area (Å²) in [6.45, 7) is 5.18. The third kappa shape index (κ3) is 5.06. The summed E-state index contributed by atoms with van der Waals surface area (Å²) in [4.78, 5) is 22.6. The lowest BCUT2D eigenvalue weighted by Crippen LogP contribution is -2.51. The number of rotatable bonds is 4. The molecule has 1 rings (SSSR count). The molecule has 3 N–H and O–H groups in total. The van der Waals surface area contributed by atoms with Crippen LogP contribution >= 0.6 is 0 Å². The van der Waals surface area contributed by atoms with Crippen molar-refractivity contribution in [1.29, 1.82) is 0 Å². The van der Waals surface area contributed by atoms with Gasteiger partial charge in [-0.1, -0.05) is 12.8 Å². The number of carboxylic acids is 1. The fourth-order valence-electron chi connectivity index (χ4n) is 2.37. The molecule has 0 radical (unpaired) electrons. The molecule has 0 aliphatic heterocycles. The van der Waals surface area contributed by atoms with Crippen LogP contribution in [0, 0.1) is 5.92 Å². The molecule has 0 saturated heterocycles. The van der Waals surface area contributed by atoms with Gasteiger partial charge in [0.1, 0.15) is 5.60 Å². The summed E-state index contributed by atoms with van der Waals surface area (Å²) < 4.78 is 5.10. The van der Waals surface area contributed by atoms with Crippen molar-refractivity contribution in [1.82, 2.24) is 5.32 Å². The van der Waals surface area contributed by atoms with E-state index in [1.807, 2.05) is 0 Å². The van der Waals surface area contributed by atoms with Crippen LogP contribution in [0.5, 0.6) is 0 Å². The van der Waals surface area contributed by atoms with Crippen LogP contribution < -0.4 is 5.32 Å². The van der Waals surface area contributed by atoms with Gasteiger partial charge >= 0.3 is 12.1 Å². The zero-order valence-electron chi connectivity index (χ0n) is 11.7. The van der Waals surface area contributed by atoms with E-state index in [4.69, 9.17) is 9.84 Å². The van der Waals surface area contributed by atoms with Gasteiger partial charge in [-0.25, -0.2) is 9.59 Å². The average Bonchev–Trinajstić information content (AvgIpc) is 2.75. The number of alkyl carbamates (subject to hydrolysis) is 1. The molecule has 110 valence electrons. The van der Waals surface area contributed by atoms with Gasteiger partial charge < -0.3 is 20.3 Å². The van der Waals surface area contributed by atoms with E-state index in [-0.39, 0.29) is 5.92 Å².